The molecule has 396 valence electrons. The minimum absolute atomic E-state index is 0.0960. The highest BCUT2D eigenvalue weighted by Crippen LogP contribution is 2.15. The van der Waals surface area contributed by atoms with Crippen molar-refractivity contribution in [3.63, 3.8) is 0 Å². The molecule has 0 radical (unpaired) electrons. The summed E-state index contributed by atoms with van der Waals surface area (Å²) < 4.78 is 16.8. The molecule has 6 heteroatoms. The maximum absolute atomic E-state index is 12.8. The first-order valence-electron chi connectivity index (χ1n) is 29.1. The summed E-state index contributed by atoms with van der Waals surface area (Å²) >= 11 is 0. The van der Waals surface area contributed by atoms with Crippen LogP contribution in [0.2, 0.25) is 0 Å². The predicted molar refractivity (Wildman–Crippen MR) is 297 cm³/mol. The maximum Gasteiger partial charge on any atom is 0.306 e. The lowest BCUT2D eigenvalue weighted by Crippen LogP contribution is -2.30. The van der Waals surface area contributed by atoms with Gasteiger partial charge in [0.25, 0.3) is 0 Å². The minimum atomic E-state index is -0.803. The number of carbonyl (C=O) groups excluding carboxylic acids is 3. The van der Waals surface area contributed by atoms with Gasteiger partial charge in [0, 0.05) is 19.3 Å². The van der Waals surface area contributed by atoms with E-state index in [1.54, 1.807) is 0 Å². The molecule has 0 aliphatic carbocycles. The molecular formula is C63H108O6. The Labute approximate surface area is 426 Å². The molecule has 0 fully saturated rings. The molecule has 69 heavy (non-hydrogen) atoms. The number of rotatable bonds is 52. The molecule has 0 aromatic carbocycles. The van der Waals surface area contributed by atoms with Crippen LogP contribution in [0.5, 0.6) is 0 Å². The molecule has 0 heterocycles. The first-order chi connectivity index (χ1) is 34.0. The van der Waals surface area contributed by atoms with Crippen LogP contribution in [0.3, 0.4) is 0 Å². The van der Waals surface area contributed by atoms with Gasteiger partial charge in [-0.3, -0.25) is 14.4 Å². The van der Waals surface area contributed by atoms with E-state index >= 15 is 0 Å². The molecule has 6 nitrogen and oxygen atoms in total. The molecule has 0 aromatic rings. The molecule has 1 unspecified atom stereocenters. The van der Waals surface area contributed by atoms with Crippen molar-refractivity contribution < 1.29 is 28.6 Å². The molecule has 0 aromatic heterocycles. The largest absolute Gasteiger partial charge is 0.462 e. The van der Waals surface area contributed by atoms with Crippen LogP contribution in [0.1, 0.15) is 278 Å². The third-order valence-corrected chi connectivity index (χ3v) is 12.4. The van der Waals surface area contributed by atoms with Gasteiger partial charge >= 0.3 is 17.9 Å². The summed E-state index contributed by atoms with van der Waals surface area (Å²) in [6, 6.07) is 0. The van der Waals surface area contributed by atoms with E-state index in [0.717, 1.165) is 109 Å². The van der Waals surface area contributed by atoms with Gasteiger partial charge in [-0.15, -0.1) is 0 Å². The van der Waals surface area contributed by atoms with Gasteiger partial charge in [0.05, 0.1) is 0 Å². The number of allylic oxidation sites excluding steroid dienone is 14. The predicted octanol–water partition coefficient (Wildman–Crippen LogP) is 19.5. The Morgan fingerprint density at radius 2 is 0.609 bits per heavy atom. The van der Waals surface area contributed by atoms with E-state index in [-0.39, 0.29) is 37.5 Å². The zero-order valence-corrected chi connectivity index (χ0v) is 45.3. The van der Waals surface area contributed by atoms with Crippen molar-refractivity contribution in [2.45, 2.75) is 284 Å². The molecule has 0 aliphatic rings. The molecule has 1 atom stereocenters. The Balaban J connectivity index is 4.47. The molecule has 0 amide bonds. The van der Waals surface area contributed by atoms with Crippen molar-refractivity contribution in [3.05, 3.63) is 85.1 Å². The number of unbranched alkanes of at least 4 members (excludes halogenated alkanes) is 28. The molecule has 0 saturated carbocycles. The normalized spacial score (nSPS) is 12.7. The van der Waals surface area contributed by atoms with Crippen LogP contribution in [0, 0.1) is 0 Å². The van der Waals surface area contributed by atoms with Crippen LogP contribution in [0.15, 0.2) is 85.1 Å². The number of carbonyl (C=O) groups is 3. The van der Waals surface area contributed by atoms with E-state index in [2.05, 4.69) is 106 Å². The van der Waals surface area contributed by atoms with Crippen molar-refractivity contribution in [1.29, 1.82) is 0 Å². The summed E-state index contributed by atoms with van der Waals surface area (Å²) in [5, 5.41) is 0. The van der Waals surface area contributed by atoms with Gasteiger partial charge in [0.2, 0.25) is 0 Å². The van der Waals surface area contributed by atoms with Crippen molar-refractivity contribution in [1.82, 2.24) is 0 Å². The number of hydrogen-bond acceptors (Lipinski definition) is 6. The molecule has 0 aliphatic heterocycles. The highest BCUT2D eigenvalue weighted by atomic mass is 16.6. The second-order valence-electron chi connectivity index (χ2n) is 19.2. The summed E-state index contributed by atoms with van der Waals surface area (Å²) in [5.74, 6) is -0.948. The summed E-state index contributed by atoms with van der Waals surface area (Å²) in [6.07, 6.45) is 74.3. The van der Waals surface area contributed by atoms with Crippen LogP contribution in [0.25, 0.3) is 0 Å². The van der Waals surface area contributed by atoms with Gasteiger partial charge in [-0.25, -0.2) is 0 Å². The van der Waals surface area contributed by atoms with E-state index in [4.69, 9.17) is 14.2 Å². The average molecular weight is 962 g/mol. The van der Waals surface area contributed by atoms with Crippen LogP contribution in [-0.2, 0) is 28.6 Å². The SMILES string of the molecule is CC/C=C\C/C=C\C/C=C\C/C=C\C/C=C\CCCCCC(=O)OCC(COC(=O)CCCCCCCCCCCCCCCCCC)OC(=O)CCCCC/C=C\C=C/CCCCCCCCC. The lowest BCUT2D eigenvalue weighted by molar-refractivity contribution is -0.167. The van der Waals surface area contributed by atoms with Gasteiger partial charge in [-0.05, 0) is 89.9 Å². The molecular weight excluding hydrogens is 853 g/mol. The summed E-state index contributed by atoms with van der Waals surface area (Å²) in [7, 11) is 0. The summed E-state index contributed by atoms with van der Waals surface area (Å²) in [6.45, 7) is 6.49. The van der Waals surface area contributed by atoms with E-state index in [1.165, 1.54) is 128 Å². The smallest absolute Gasteiger partial charge is 0.306 e. The Kier molecular flexibility index (Phi) is 54.3. The fourth-order valence-corrected chi connectivity index (χ4v) is 8.05. The van der Waals surface area contributed by atoms with Gasteiger partial charge in [-0.1, -0.05) is 254 Å². The maximum atomic E-state index is 12.8. The molecule has 0 saturated heterocycles. The molecule has 0 N–H and O–H groups in total. The third-order valence-electron chi connectivity index (χ3n) is 12.4. The first-order valence-corrected chi connectivity index (χ1v) is 29.1. The Bertz CT molecular complexity index is 1330. The van der Waals surface area contributed by atoms with Crippen molar-refractivity contribution in [3.8, 4) is 0 Å². The van der Waals surface area contributed by atoms with E-state index in [1.807, 2.05) is 0 Å². The Hall–Kier alpha value is -3.41. The van der Waals surface area contributed by atoms with Crippen molar-refractivity contribution in [2.75, 3.05) is 13.2 Å². The van der Waals surface area contributed by atoms with Gasteiger partial charge < -0.3 is 14.2 Å². The van der Waals surface area contributed by atoms with Gasteiger partial charge in [0.15, 0.2) is 6.10 Å². The summed E-state index contributed by atoms with van der Waals surface area (Å²) in [5.41, 5.74) is 0. The van der Waals surface area contributed by atoms with Crippen LogP contribution < -0.4 is 0 Å². The average Bonchev–Trinajstić information content (AvgIpc) is 3.35. The Morgan fingerprint density at radius 1 is 0.319 bits per heavy atom. The minimum Gasteiger partial charge on any atom is -0.462 e. The van der Waals surface area contributed by atoms with Crippen LogP contribution >= 0.6 is 0 Å². The van der Waals surface area contributed by atoms with E-state index in [9.17, 15) is 14.4 Å². The van der Waals surface area contributed by atoms with Gasteiger partial charge in [0.1, 0.15) is 13.2 Å². The summed E-state index contributed by atoms with van der Waals surface area (Å²) in [4.78, 5) is 38.2. The van der Waals surface area contributed by atoms with Crippen molar-refractivity contribution >= 4 is 17.9 Å². The topological polar surface area (TPSA) is 78.9 Å². The third kappa shape index (κ3) is 55.4. The Morgan fingerprint density at radius 3 is 0.986 bits per heavy atom. The highest BCUT2D eigenvalue weighted by molar-refractivity contribution is 5.71. The van der Waals surface area contributed by atoms with E-state index < -0.39 is 6.10 Å². The lowest BCUT2D eigenvalue weighted by atomic mass is 10.0. The number of ether oxygens (including phenoxy) is 3. The molecule has 0 spiro atoms. The first kappa shape index (κ1) is 65.6. The quantitative estimate of drug-likeness (QED) is 0.0199. The zero-order chi connectivity index (χ0) is 50.0. The van der Waals surface area contributed by atoms with Gasteiger partial charge in [-0.2, -0.15) is 0 Å². The zero-order valence-electron chi connectivity index (χ0n) is 45.3. The fourth-order valence-electron chi connectivity index (χ4n) is 8.05. The lowest BCUT2D eigenvalue weighted by Gasteiger charge is -2.18. The van der Waals surface area contributed by atoms with Crippen molar-refractivity contribution in [2.24, 2.45) is 0 Å². The highest BCUT2D eigenvalue weighted by Gasteiger charge is 2.19. The number of esters is 3. The molecule has 0 bridgehead atoms. The van der Waals surface area contributed by atoms with E-state index in [0.29, 0.717) is 12.8 Å². The number of hydrogen-bond donors (Lipinski definition) is 0. The fraction of sp³-hybridized carbons (Fsp3) is 0.730. The molecule has 0 rings (SSSR count). The standard InChI is InChI=1S/C63H108O6/c1-4-7-10-13-16-19-22-25-28-31-32-33-36-38-41-44-47-50-53-56-62(65)68-59-60(69-63(66)57-54-51-48-45-42-39-35-30-27-24-21-18-15-12-9-6-3)58-67-61(64)55-52-49-46-43-40-37-34-29-26-23-20-17-14-11-8-5-2/h7,10,16,19,25,28,30,32-33,35,38-39,41-42,60H,4-6,8-9,11-15,17-18,20-24,26-27,29,31,34,36-37,40,43-59H2,1-3H3/b10-7-,19-16-,28-25-,33-32-,35-30-,41-38-,42-39-. The second-order valence-corrected chi connectivity index (χ2v) is 19.2. The van der Waals surface area contributed by atoms with Crippen LogP contribution in [-0.4, -0.2) is 37.2 Å². The monoisotopic (exact) mass is 961 g/mol. The second kappa shape index (κ2) is 57.2. The van der Waals surface area contributed by atoms with Crippen LogP contribution in [0.4, 0.5) is 0 Å².